The van der Waals surface area contributed by atoms with E-state index in [1.54, 1.807) is 4.68 Å². The molecule has 0 aliphatic carbocycles. The molecule has 5 rings (SSSR count). The fourth-order valence-electron chi connectivity index (χ4n) is 5.68. The summed E-state index contributed by atoms with van der Waals surface area (Å²) in [5.74, 6) is 1.17. The van der Waals surface area contributed by atoms with E-state index in [2.05, 4.69) is 15.0 Å². The van der Waals surface area contributed by atoms with Crippen LogP contribution in [0.1, 0.15) is 47.4 Å². The maximum Gasteiger partial charge on any atom is 0.254 e. The summed E-state index contributed by atoms with van der Waals surface area (Å²) in [6.45, 7) is 6.14. The van der Waals surface area contributed by atoms with Gasteiger partial charge in [-0.15, -0.1) is 0 Å². The highest BCUT2D eigenvalue weighted by Gasteiger charge is 2.45. The van der Waals surface area contributed by atoms with E-state index in [1.165, 1.54) is 0 Å². The van der Waals surface area contributed by atoms with Gasteiger partial charge >= 0.3 is 0 Å². The lowest BCUT2D eigenvalue weighted by atomic mass is 9.76. The zero-order valence-electron chi connectivity index (χ0n) is 16.8. The van der Waals surface area contributed by atoms with Crippen LogP contribution in [0.2, 0.25) is 0 Å². The Morgan fingerprint density at radius 2 is 2.04 bits per heavy atom. The number of pyridine rings is 1. The largest absolute Gasteiger partial charge is 0.339 e. The molecule has 0 aromatic carbocycles. The van der Waals surface area contributed by atoms with Gasteiger partial charge in [0.25, 0.3) is 5.91 Å². The first-order chi connectivity index (χ1) is 13.4. The molecule has 0 spiro atoms. The molecule has 0 radical (unpaired) electrons. The van der Waals surface area contributed by atoms with E-state index in [9.17, 15) is 9.59 Å². The second-order valence-corrected chi connectivity index (χ2v) is 8.80. The van der Waals surface area contributed by atoms with Crippen LogP contribution < -0.4 is 0 Å². The molecule has 2 amide bonds. The summed E-state index contributed by atoms with van der Waals surface area (Å²) in [6, 6.07) is 2.22. The second kappa shape index (κ2) is 6.29. The summed E-state index contributed by atoms with van der Waals surface area (Å²) < 4.78 is 1.75. The molecule has 148 valence electrons. The molecule has 7 nitrogen and oxygen atoms in total. The first-order valence-corrected chi connectivity index (χ1v) is 10.3. The van der Waals surface area contributed by atoms with Crippen molar-refractivity contribution in [3.05, 3.63) is 23.0 Å². The van der Waals surface area contributed by atoms with Crippen molar-refractivity contribution < 1.29 is 9.59 Å². The van der Waals surface area contributed by atoms with Gasteiger partial charge in [0.2, 0.25) is 5.91 Å². The molecule has 3 fully saturated rings. The van der Waals surface area contributed by atoms with E-state index in [-0.39, 0.29) is 5.91 Å². The van der Waals surface area contributed by atoms with Gasteiger partial charge in [-0.3, -0.25) is 14.3 Å². The summed E-state index contributed by atoms with van der Waals surface area (Å²) in [4.78, 5) is 34.6. The number of piperidine rings is 3. The van der Waals surface area contributed by atoms with Gasteiger partial charge in [0.1, 0.15) is 0 Å². The summed E-state index contributed by atoms with van der Waals surface area (Å²) in [6.07, 6.45) is 3.88. The van der Waals surface area contributed by atoms with Crippen LogP contribution in [-0.2, 0) is 11.8 Å². The maximum absolute atomic E-state index is 13.6. The number of carbonyl (C=O) groups is 2. The zero-order chi connectivity index (χ0) is 19.6. The number of carbonyl (C=O) groups excluding carboxylic acids is 2. The van der Waals surface area contributed by atoms with E-state index < -0.39 is 0 Å². The van der Waals surface area contributed by atoms with Gasteiger partial charge in [-0.1, -0.05) is 0 Å². The zero-order valence-corrected chi connectivity index (χ0v) is 16.8. The highest BCUT2D eigenvalue weighted by Crippen LogP contribution is 2.38. The van der Waals surface area contributed by atoms with Crippen molar-refractivity contribution in [2.24, 2.45) is 18.9 Å². The topological polar surface area (TPSA) is 71.3 Å². The number of amides is 2. The molecule has 3 aliphatic rings. The minimum atomic E-state index is 0.0804. The van der Waals surface area contributed by atoms with Gasteiger partial charge in [-0.05, 0) is 51.0 Å². The number of rotatable bonds is 1. The second-order valence-electron chi connectivity index (χ2n) is 8.80. The molecular formula is C21H27N5O2. The standard InChI is InChI=1S/C21H27N5O2/c1-12-7-16(19-13(2)23-24(3)20(19)22-12)21(28)25-9-14-8-15(11-25)17-5-4-6-18(27)26(17)10-14/h7,14-15,17H,4-6,8-11H2,1-3H3/t14-,15-,17?/m0/s1. The Balaban J connectivity index is 1.48. The van der Waals surface area contributed by atoms with Crippen molar-refractivity contribution in [2.45, 2.75) is 45.6 Å². The Morgan fingerprint density at radius 3 is 2.86 bits per heavy atom. The van der Waals surface area contributed by atoms with E-state index >= 15 is 0 Å². The van der Waals surface area contributed by atoms with Crippen molar-refractivity contribution >= 4 is 22.8 Å². The SMILES string of the molecule is Cc1cc(C(=O)N2C[C@@H]3C[C@@H](C2)C2CCCC(=O)N2C3)c2c(C)nn(C)c2n1. The van der Waals surface area contributed by atoms with Crippen LogP contribution in [0.4, 0.5) is 0 Å². The van der Waals surface area contributed by atoms with E-state index in [4.69, 9.17) is 0 Å². The third kappa shape index (κ3) is 2.63. The number of likely N-dealkylation sites (tertiary alicyclic amines) is 1. The van der Waals surface area contributed by atoms with Gasteiger partial charge in [0.05, 0.1) is 16.6 Å². The van der Waals surface area contributed by atoms with Crippen LogP contribution in [0.15, 0.2) is 6.07 Å². The fraction of sp³-hybridized carbons (Fsp3) is 0.619. The van der Waals surface area contributed by atoms with Crippen molar-refractivity contribution in [3.63, 3.8) is 0 Å². The number of aromatic nitrogens is 3. The molecule has 1 unspecified atom stereocenters. The van der Waals surface area contributed by atoms with Crippen molar-refractivity contribution in [1.82, 2.24) is 24.6 Å². The van der Waals surface area contributed by atoms with Gasteiger partial charge < -0.3 is 9.80 Å². The van der Waals surface area contributed by atoms with Crippen molar-refractivity contribution in [1.29, 1.82) is 0 Å². The Morgan fingerprint density at radius 1 is 1.21 bits per heavy atom. The number of aryl methyl sites for hydroxylation is 3. The first kappa shape index (κ1) is 17.6. The molecule has 2 aromatic heterocycles. The molecule has 0 N–H and O–H groups in total. The average Bonchev–Trinajstić information content (AvgIpc) is 2.95. The van der Waals surface area contributed by atoms with E-state index in [1.807, 2.05) is 31.9 Å². The normalized spacial score (nSPS) is 27.2. The predicted molar refractivity (Wildman–Crippen MR) is 105 cm³/mol. The molecular weight excluding hydrogens is 354 g/mol. The highest BCUT2D eigenvalue weighted by atomic mass is 16.2. The van der Waals surface area contributed by atoms with Gasteiger partial charge in [0.15, 0.2) is 5.65 Å². The lowest BCUT2D eigenvalue weighted by Gasteiger charge is -2.52. The summed E-state index contributed by atoms with van der Waals surface area (Å²) in [5.41, 5.74) is 3.15. The van der Waals surface area contributed by atoms with Crippen LogP contribution in [0.5, 0.6) is 0 Å². The van der Waals surface area contributed by atoms with Crippen LogP contribution in [0.25, 0.3) is 11.0 Å². The molecule has 5 heterocycles. The molecule has 2 aromatic rings. The Bertz CT molecular complexity index is 981. The molecule has 28 heavy (non-hydrogen) atoms. The van der Waals surface area contributed by atoms with Crippen molar-refractivity contribution in [2.75, 3.05) is 19.6 Å². The maximum atomic E-state index is 13.6. The smallest absolute Gasteiger partial charge is 0.254 e. The number of hydrogen-bond donors (Lipinski definition) is 0. The average molecular weight is 381 g/mol. The minimum Gasteiger partial charge on any atom is -0.339 e. The monoisotopic (exact) mass is 381 g/mol. The quantitative estimate of drug-likeness (QED) is 0.758. The Hall–Kier alpha value is -2.44. The highest BCUT2D eigenvalue weighted by molar-refractivity contribution is 6.06. The molecule has 3 atom stereocenters. The fourth-order valence-corrected chi connectivity index (χ4v) is 5.68. The predicted octanol–water partition coefficient (Wildman–Crippen LogP) is 2.06. The lowest BCUT2D eigenvalue weighted by Crippen LogP contribution is -2.61. The van der Waals surface area contributed by atoms with Gasteiger partial charge in [-0.25, -0.2) is 4.98 Å². The minimum absolute atomic E-state index is 0.0804. The number of fused-ring (bicyclic) bond motifs is 5. The van der Waals surface area contributed by atoms with Crippen LogP contribution in [-0.4, -0.2) is 62.1 Å². The number of nitrogens with zero attached hydrogens (tertiary/aromatic N) is 5. The lowest BCUT2D eigenvalue weighted by molar-refractivity contribution is -0.144. The molecule has 3 aliphatic heterocycles. The third-order valence-electron chi connectivity index (χ3n) is 6.79. The summed E-state index contributed by atoms with van der Waals surface area (Å²) >= 11 is 0. The molecule has 3 saturated heterocycles. The number of hydrogen-bond acceptors (Lipinski definition) is 4. The Labute approximate surface area is 164 Å². The summed E-state index contributed by atoms with van der Waals surface area (Å²) in [7, 11) is 1.87. The molecule has 7 heteroatoms. The Kier molecular flexibility index (Phi) is 3.96. The summed E-state index contributed by atoms with van der Waals surface area (Å²) in [5, 5.41) is 5.34. The molecule has 2 bridgehead atoms. The van der Waals surface area contributed by atoms with Crippen LogP contribution in [0.3, 0.4) is 0 Å². The van der Waals surface area contributed by atoms with E-state index in [0.717, 1.165) is 61.3 Å². The van der Waals surface area contributed by atoms with Crippen LogP contribution >= 0.6 is 0 Å². The third-order valence-corrected chi connectivity index (χ3v) is 6.79. The van der Waals surface area contributed by atoms with Gasteiger partial charge in [0, 0.05) is 44.8 Å². The van der Waals surface area contributed by atoms with Crippen LogP contribution in [0, 0.1) is 25.7 Å². The molecule has 0 saturated carbocycles. The van der Waals surface area contributed by atoms with Crippen molar-refractivity contribution in [3.8, 4) is 0 Å². The van der Waals surface area contributed by atoms with Gasteiger partial charge in [-0.2, -0.15) is 5.10 Å². The first-order valence-electron chi connectivity index (χ1n) is 10.3. The van der Waals surface area contributed by atoms with E-state index in [0.29, 0.717) is 35.8 Å².